The summed E-state index contributed by atoms with van der Waals surface area (Å²) in [6.45, 7) is -0.409. The van der Waals surface area contributed by atoms with Gasteiger partial charge in [-0.15, -0.1) is 0 Å². The second kappa shape index (κ2) is 10.1. The van der Waals surface area contributed by atoms with Gasteiger partial charge in [0.15, 0.2) is 27.2 Å². The fourth-order valence-corrected chi connectivity index (χ4v) is 8.52. The summed E-state index contributed by atoms with van der Waals surface area (Å²) in [5, 5.41) is 9.40. The first-order valence-electron chi connectivity index (χ1n) is 12.7. The van der Waals surface area contributed by atoms with E-state index in [-0.39, 0.29) is 23.6 Å². The summed E-state index contributed by atoms with van der Waals surface area (Å²) in [6, 6.07) is 4.11. The smallest absolute Gasteiger partial charge is 0.435 e. The number of alkyl halides is 7. The predicted octanol–water partition coefficient (Wildman–Crippen LogP) is 6.63. The maximum absolute atomic E-state index is 14.9. The van der Waals surface area contributed by atoms with Gasteiger partial charge in [-0.1, -0.05) is 18.2 Å². The zero-order valence-corrected chi connectivity index (χ0v) is 22.7. The number of benzene rings is 3. The van der Waals surface area contributed by atoms with Crippen molar-refractivity contribution in [3.63, 3.8) is 0 Å². The molecule has 0 radical (unpaired) electrons. The lowest BCUT2D eigenvalue weighted by Gasteiger charge is -2.43. The van der Waals surface area contributed by atoms with E-state index >= 15 is 0 Å². The average Bonchev–Trinajstić information content (AvgIpc) is 3.35. The molecule has 1 fully saturated rings. The van der Waals surface area contributed by atoms with Gasteiger partial charge in [0, 0.05) is 17.7 Å². The molecule has 0 aromatic heterocycles. The Hall–Kier alpha value is -3.82. The van der Waals surface area contributed by atoms with E-state index in [4.69, 9.17) is 0 Å². The van der Waals surface area contributed by atoms with E-state index in [1.165, 1.54) is 0 Å². The summed E-state index contributed by atoms with van der Waals surface area (Å²) < 4.78 is 164. The topological polar surface area (TPSA) is 74.7 Å². The Kier molecular flexibility index (Phi) is 7.26. The molecule has 44 heavy (non-hydrogen) atoms. The van der Waals surface area contributed by atoms with Crippen LogP contribution in [0.25, 0.3) is 0 Å². The van der Waals surface area contributed by atoms with Crippen LogP contribution in [0.4, 0.5) is 43.9 Å². The van der Waals surface area contributed by atoms with Crippen LogP contribution < -0.4 is 0 Å². The maximum Gasteiger partial charge on any atom is 0.435 e. The van der Waals surface area contributed by atoms with Gasteiger partial charge in [-0.25, -0.2) is 26.0 Å². The number of phenolic OH excluding ortho intramolecular Hbond substituents is 1. The van der Waals surface area contributed by atoms with Gasteiger partial charge < -0.3 is 10.0 Å². The number of nitrogens with zero attached hydrogens (tertiary/aromatic N) is 1. The number of rotatable bonds is 4. The second-order valence-corrected chi connectivity index (χ2v) is 12.7. The number of hydrogen-bond acceptors (Lipinski definition) is 4. The van der Waals surface area contributed by atoms with E-state index in [0.717, 1.165) is 29.2 Å². The Labute approximate surface area is 242 Å². The minimum Gasteiger partial charge on any atom is -0.503 e. The fraction of sp³-hybridized carbons (Fsp3) is 0.321. The molecule has 3 aromatic rings. The van der Waals surface area contributed by atoms with Crippen LogP contribution in [0.2, 0.25) is 0 Å². The number of amides is 1. The van der Waals surface area contributed by atoms with E-state index in [1.54, 1.807) is 0 Å². The minimum atomic E-state index is -6.43. The lowest BCUT2D eigenvalue weighted by molar-refractivity contribution is -0.348. The third-order valence-corrected chi connectivity index (χ3v) is 10.7. The number of carbonyl (C=O) groups is 1. The zero-order valence-electron chi connectivity index (χ0n) is 21.9. The lowest BCUT2D eigenvalue weighted by atomic mass is 9.76. The molecule has 1 heterocycles. The van der Waals surface area contributed by atoms with Crippen LogP contribution in [-0.2, 0) is 26.7 Å². The quantitative estimate of drug-likeness (QED) is 0.253. The summed E-state index contributed by atoms with van der Waals surface area (Å²) in [6.07, 6.45) is -14.1. The number of phenols is 1. The number of likely N-dealkylation sites (tertiary alicyclic amines) is 1. The molecule has 5 nitrogen and oxygen atoms in total. The SMILES string of the molecule is O=C(c1cc(F)c(O)c(F)c1)N1CC[C@@]2(S(=O)(=O)c3ccc(F)cc3)c3ccc(C(F)(C(F)(F)F)C(F)(F)F)cc3CC[C@@H]12. The van der Waals surface area contributed by atoms with E-state index in [9.17, 15) is 62.2 Å². The molecule has 236 valence electrons. The molecule has 1 aliphatic heterocycles. The van der Waals surface area contributed by atoms with Crippen molar-refractivity contribution in [2.24, 2.45) is 0 Å². The van der Waals surface area contributed by atoms with Crippen molar-refractivity contribution in [1.29, 1.82) is 0 Å². The fourth-order valence-electron chi connectivity index (χ4n) is 6.15. The summed E-state index contributed by atoms with van der Waals surface area (Å²) >= 11 is 0. The van der Waals surface area contributed by atoms with Crippen LogP contribution in [0, 0.1) is 17.5 Å². The van der Waals surface area contributed by atoms with Crippen molar-refractivity contribution in [1.82, 2.24) is 4.90 Å². The van der Waals surface area contributed by atoms with Gasteiger partial charge in [0.2, 0.25) is 0 Å². The van der Waals surface area contributed by atoms with Gasteiger partial charge in [-0.3, -0.25) is 4.79 Å². The monoisotopic (exact) mass is 655 g/mol. The van der Waals surface area contributed by atoms with Crippen LogP contribution in [-0.4, -0.2) is 49.3 Å². The van der Waals surface area contributed by atoms with Gasteiger partial charge >= 0.3 is 18.0 Å². The number of carbonyl (C=O) groups excluding carboxylic acids is 1. The van der Waals surface area contributed by atoms with Gasteiger partial charge in [0.1, 0.15) is 10.6 Å². The van der Waals surface area contributed by atoms with Gasteiger partial charge in [-0.05, 0) is 66.8 Å². The summed E-state index contributed by atoms with van der Waals surface area (Å²) in [4.78, 5) is 13.9. The highest BCUT2D eigenvalue weighted by Crippen LogP contribution is 2.56. The molecule has 3 aromatic carbocycles. The van der Waals surface area contributed by atoms with Crippen molar-refractivity contribution < 1.29 is 62.2 Å². The Morgan fingerprint density at radius 1 is 0.864 bits per heavy atom. The Bertz CT molecular complexity index is 1720. The molecule has 1 amide bonds. The largest absolute Gasteiger partial charge is 0.503 e. The normalized spacial score (nSPS) is 20.8. The van der Waals surface area contributed by atoms with Crippen molar-refractivity contribution in [3.8, 4) is 5.75 Å². The predicted molar refractivity (Wildman–Crippen MR) is 132 cm³/mol. The van der Waals surface area contributed by atoms with Gasteiger partial charge in [0.05, 0.1) is 10.9 Å². The van der Waals surface area contributed by atoms with E-state index in [0.29, 0.717) is 24.3 Å². The second-order valence-electron chi connectivity index (χ2n) is 10.5. The highest BCUT2D eigenvalue weighted by Gasteiger charge is 2.73. The molecule has 0 unspecified atom stereocenters. The van der Waals surface area contributed by atoms with Crippen molar-refractivity contribution in [3.05, 3.63) is 94.3 Å². The standard InChI is InChI=1S/C28H19F10NO4S/c29-17-3-5-18(6-4-17)44(42,43)25-9-10-39(24(41)15-12-20(30)23(40)21(31)13-15)22(25)8-1-14-11-16(2-7-19(14)25)26(32,27(33,34)35)28(36,37)38/h2-7,11-13,22,40H,1,8-10H2/t22-,25-/m1/s1. The van der Waals surface area contributed by atoms with Crippen LogP contribution in [0.1, 0.15) is 39.9 Å². The molecule has 0 saturated carbocycles. The maximum atomic E-state index is 14.9. The first-order chi connectivity index (χ1) is 20.3. The zero-order chi connectivity index (χ0) is 32.6. The molecule has 16 heteroatoms. The Morgan fingerprint density at radius 2 is 1.43 bits per heavy atom. The van der Waals surface area contributed by atoms with Crippen LogP contribution in [0.3, 0.4) is 0 Å². The van der Waals surface area contributed by atoms with Crippen molar-refractivity contribution in [2.45, 2.75) is 53.0 Å². The summed E-state index contributed by atoms with van der Waals surface area (Å²) in [5.41, 5.74) is -8.92. The van der Waals surface area contributed by atoms with Crippen LogP contribution >= 0.6 is 0 Å². The lowest BCUT2D eigenvalue weighted by Crippen LogP contribution is -2.53. The molecule has 0 spiro atoms. The molecule has 5 rings (SSSR count). The minimum absolute atomic E-state index is 0.180. The summed E-state index contributed by atoms with van der Waals surface area (Å²) in [5.74, 6) is -6.28. The number of halogens is 10. The number of fused-ring (bicyclic) bond motifs is 3. The number of hydrogen-bond donors (Lipinski definition) is 1. The Balaban J connectivity index is 1.71. The molecule has 1 aliphatic carbocycles. The van der Waals surface area contributed by atoms with Crippen molar-refractivity contribution >= 4 is 15.7 Å². The van der Waals surface area contributed by atoms with Gasteiger partial charge in [0.25, 0.3) is 5.91 Å². The first-order valence-corrected chi connectivity index (χ1v) is 14.2. The Morgan fingerprint density at radius 3 is 1.98 bits per heavy atom. The van der Waals surface area contributed by atoms with E-state index < -0.39 is 103 Å². The molecule has 1 N–H and O–H groups in total. The van der Waals surface area contributed by atoms with Gasteiger partial charge in [-0.2, -0.15) is 26.3 Å². The molecule has 2 atom stereocenters. The highest BCUT2D eigenvalue weighted by molar-refractivity contribution is 7.92. The number of aromatic hydroxyl groups is 1. The highest BCUT2D eigenvalue weighted by atomic mass is 32.2. The summed E-state index contributed by atoms with van der Waals surface area (Å²) in [7, 11) is -4.75. The third-order valence-electron chi connectivity index (χ3n) is 8.19. The van der Waals surface area contributed by atoms with Crippen LogP contribution in [0.5, 0.6) is 5.75 Å². The molecular formula is C28H19F10NO4S. The molecule has 0 bridgehead atoms. The average molecular weight is 656 g/mol. The number of sulfone groups is 1. The van der Waals surface area contributed by atoms with Crippen LogP contribution in [0.15, 0.2) is 59.5 Å². The van der Waals surface area contributed by atoms with E-state index in [2.05, 4.69) is 0 Å². The third kappa shape index (κ3) is 4.43. The molecular weight excluding hydrogens is 636 g/mol. The first kappa shape index (κ1) is 31.6. The van der Waals surface area contributed by atoms with E-state index in [1.807, 2.05) is 0 Å². The number of aryl methyl sites for hydroxylation is 1. The van der Waals surface area contributed by atoms with Crippen molar-refractivity contribution in [2.75, 3.05) is 6.54 Å². The molecule has 2 aliphatic rings. The molecule has 1 saturated heterocycles.